The van der Waals surface area contributed by atoms with Gasteiger partial charge in [0, 0.05) is 32.9 Å². The number of anilines is 1. The topological polar surface area (TPSA) is 60.7 Å². The number of ether oxygens (including phenoxy) is 2. The summed E-state index contributed by atoms with van der Waals surface area (Å²) in [6.07, 6.45) is 2.80. The number of methoxy groups -OCH3 is 1. The van der Waals surface area contributed by atoms with Crippen LogP contribution in [0.1, 0.15) is 12.0 Å². The standard InChI is InChI=1S/C13H18N4O2/c1-10-3-5-17-11(7-10)15-12(16-17)14-8-13(18-2)4-6-19-9-13/h3,5,7H,4,6,8-9H2,1-2H3,(H,14,16). The maximum atomic E-state index is 5.56. The molecule has 0 spiro atoms. The van der Waals surface area contributed by atoms with Crippen LogP contribution in [0.4, 0.5) is 5.95 Å². The van der Waals surface area contributed by atoms with Crippen LogP contribution in [-0.2, 0) is 9.47 Å². The third-order valence-corrected chi connectivity index (χ3v) is 3.56. The van der Waals surface area contributed by atoms with Gasteiger partial charge in [0.15, 0.2) is 5.65 Å². The van der Waals surface area contributed by atoms with E-state index in [9.17, 15) is 0 Å². The number of hydrogen-bond acceptors (Lipinski definition) is 5. The van der Waals surface area contributed by atoms with E-state index < -0.39 is 0 Å². The molecule has 1 atom stereocenters. The van der Waals surface area contributed by atoms with Gasteiger partial charge in [-0.15, -0.1) is 5.10 Å². The molecule has 0 saturated carbocycles. The highest BCUT2D eigenvalue weighted by atomic mass is 16.5. The highest BCUT2D eigenvalue weighted by Crippen LogP contribution is 2.22. The average molecular weight is 262 g/mol. The van der Waals surface area contributed by atoms with Crippen molar-refractivity contribution >= 4 is 11.6 Å². The summed E-state index contributed by atoms with van der Waals surface area (Å²) < 4.78 is 12.7. The number of pyridine rings is 1. The van der Waals surface area contributed by atoms with Gasteiger partial charge >= 0.3 is 0 Å². The summed E-state index contributed by atoms with van der Waals surface area (Å²) in [6.45, 7) is 4.05. The van der Waals surface area contributed by atoms with Crippen molar-refractivity contribution in [2.45, 2.75) is 18.9 Å². The second-order valence-electron chi connectivity index (χ2n) is 4.99. The second kappa shape index (κ2) is 4.79. The van der Waals surface area contributed by atoms with Crippen molar-refractivity contribution in [2.75, 3.05) is 32.2 Å². The molecule has 0 bridgehead atoms. The maximum absolute atomic E-state index is 5.56. The van der Waals surface area contributed by atoms with Crippen LogP contribution >= 0.6 is 0 Å². The van der Waals surface area contributed by atoms with E-state index in [4.69, 9.17) is 9.47 Å². The molecule has 102 valence electrons. The van der Waals surface area contributed by atoms with Crippen molar-refractivity contribution in [1.82, 2.24) is 14.6 Å². The Hall–Kier alpha value is -1.66. The zero-order chi connectivity index (χ0) is 13.3. The molecule has 0 aromatic carbocycles. The van der Waals surface area contributed by atoms with Gasteiger partial charge in [0.2, 0.25) is 5.95 Å². The van der Waals surface area contributed by atoms with Crippen molar-refractivity contribution in [3.8, 4) is 0 Å². The number of rotatable bonds is 4. The smallest absolute Gasteiger partial charge is 0.243 e. The number of aryl methyl sites for hydroxylation is 1. The lowest BCUT2D eigenvalue weighted by atomic mass is 10.0. The third kappa shape index (κ3) is 2.41. The first-order chi connectivity index (χ1) is 9.21. The van der Waals surface area contributed by atoms with Crippen molar-refractivity contribution in [2.24, 2.45) is 0 Å². The largest absolute Gasteiger partial charge is 0.378 e. The van der Waals surface area contributed by atoms with Crippen molar-refractivity contribution in [1.29, 1.82) is 0 Å². The Labute approximate surface area is 111 Å². The van der Waals surface area contributed by atoms with E-state index in [-0.39, 0.29) is 5.60 Å². The van der Waals surface area contributed by atoms with Gasteiger partial charge in [-0.3, -0.25) is 0 Å². The monoisotopic (exact) mass is 262 g/mol. The molecular weight excluding hydrogens is 244 g/mol. The summed E-state index contributed by atoms with van der Waals surface area (Å²) in [7, 11) is 1.72. The second-order valence-corrected chi connectivity index (χ2v) is 4.99. The van der Waals surface area contributed by atoms with Crippen LogP contribution < -0.4 is 5.32 Å². The highest BCUT2D eigenvalue weighted by Gasteiger charge is 2.35. The van der Waals surface area contributed by atoms with E-state index in [2.05, 4.69) is 15.4 Å². The zero-order valence-electron chi connectivity index (χ0n) is 11.2. The molecule has 0 amide bonds. The molecule has 2 aromatic rings. The fraction of sp³-hybridized carbons (Fsp3) is 0.538. The Morgan fingerprint density at radius 3 is 3.21 bits per heavy atom. The summed E-state index contributed by atoms with van der Waals surface area (Å²) in [5.74, 6) is 0.619. The highest BCUT2D eigenvalue weighted by molar-refractivity contribution is 5.45. The Morgan fingerprint density at radius 1 is 1.58 bits per heavy atom. The lowest BCUT2D eigenvalue weighted by Crippen LogP contribution is -2.39. The first-order valence-electron chi connectivity index (χ1n) is 6.41. The predicted octanol–water partition coefficient (Wildman–Crippen LogP) is 1.26. The molecule has 1 aliphatic rings. The SMILES string of the molecule is COC1(CNc2nc3cc(C)ccn3n2)CCOC1. The first kappa shape index (κ1) is 12.4. The Morgan fingerprint density at radius 2 is 2.47 bits per heavy atom. The molecule has 6 heteroatoms. The molecular formula is C13H18N4O2. The molecule has 2 aromatic heterocycles. The molecule has 1 N–H and O–H groups in total. The van der Waals surface area contributed by atoms with Crippen LogP contribution in [0.25, 0.3) is 5.65 Å². The fourth-order valence-corrected chi connectivity index (χ4v) is 2.26. The fourth-order valence-electron chi connectivity index (χ4n) is 2.26. The normalized spacial score (nSPS) is 23.1. The van der Waals surface area contributed by atoms with Gasteiger partial charge in [0.25, 0.3) is 0 Å². The summed E-state index contributed by atoms with van der Waals surface area (Å²) >= 11 is 0. The number of fused-ring (bicyclic) bond motifs is 1. The molecule has 19 heavy (non-hydrogen) atoms. The van der Waals surface area contributed by atoms with E-state index in [1.54, 1.807) is 11.6 Å². The predicted molar refractivity (Wildman–Crippen MR) is 71.4 cm³/mol. The van der Waals surface area contributed by atoms with Crippen LogP contribution in [0, 0.1) is 6.92 Å². The molecule has 0 radical (unpaired) electrons. The minimum Gasteiger partial charge on any atom is -0.378 e. The van der Waals surface area contributed by atoms with Gasteiger partial charge in [-0.25, -0.2) is 4.52 Å². The summed E-state index contributed by atoms with van der Waals surface area (Å²) in [4.78, 5) is 4.44. The molecule has 3 rings (SSSR count). The first-order valence-corrected chi connectivity index (χ1v) is 6.41. The van der Waals surface area contributed by atoms with E-state index in [0.29, 0.717) is 19.1 Å². The van der Waals surface area contributed by atoms with E-state index in [0.717, 1.165) is 18.7 Å². The van der Waals surface area contributed by atoms with Gasteiger partial charge in [-0.1, -0.05) is 0 Å². The summed E-state index contributed by atoms with van der Waals surface area (Å²) in [5.41, 5.74) is 1.76. The number of nitrogens with one attached hydrogen (secondary N) is 1. The number of hydrogen-bond donors (Lipinski definition) is 1. The van der Waals surface area contributed by atoms with Crippen LogP contribution in [0.5, 0.6) is 0 Å². The van der Waals surface area contributed by atoms with Crippen molar-refractivity contribution < 1.29 is 9.47 Å². The summed E-state index contributed by atoms with van der Waals surface area (Å²) in [6, 6.07) is 4.01. The van der Waals surface area contributed by atoms with Gasteiger partial charge < -0.3 is 14.8 Å². The average Bonchev–Trinajstić information content (AvgIpc) is 3.02. The summed E-state index contributed by atoms with van der Waals surface area (Å²) in [5, 5.41) is 7.62. The van der Waals surface area contributed by atoms with Crippen LogP contribution in [0.3, 0.4) is 0 Å². The molecule has 1 fully saturated rings. The quantitative estimate of drug-likeness (QED) is 0.898. The molecule has 3 heterocycles. The molecule has 0 aliphatic carbocycles. The van der Waals surface area contributed by atoms with Gasteiger partial charge in [-0.05, 0) is 24.6 Å². The minimum absolute atomic E-state index is 0.257. The number of aromatic nitrogens is 3. The maximum Gasteiger partial charge on any atom is 0.243 e. The Kier molecular flexibility index (Phi) is 3.12. The van der Waals surface area contributed by atoms with Gasteiger partial charge in [0.1, 0.15) is 5.60 Å². The molecule has 6 nitrogen and oxygen atoms in total. The number of nitrogens with zero attached hydrogens (tertiary/aromatic N) is 3. The minimum atomic E-state index is -0.257. The van der Waals surface area contributed by atoms with Crippen LogP contribution in [0.15, 0.2) is 18.3 Å². The van der Waals surface area contributed by atoms with E-state index >= 15 is 0 Å². The van der Waals surface area contributed by atoms with Crippen molar-refractivity contribution in [3.05, 3.63) is 23.9 Å². The lowest BCUT2D eigenvalue weighted by Gasteiger charge is -2.25. The molecule has 1 aliphatic heterocycles. The third-order valence-electron chi connectivity index (χ3n) is 3.56. The van der Waals surface area contributed by atoms with Crippen LogP contribution in [-0.4, -0.2) is 47.1 Å². The zero-order valence-corrected chi connectivity index (χ0v) is 11.2. The van der Waals surface area contributed by atoms with Crippen molar-refractivity contribution in [3.63, 3.8) is 0 Å². The molecule has 1 unspecified atom stereocenters. The van der Waals surface area contributed by atoms with E-state index in [1.807, 2.05) is 25.3 Å². The van der Waals surface area contributed by atoms with E-state index in [1.165, 1.54) is 5.56 Å². The Bertz CT molecular complexity index is 575. The Balaban J connectivity index is 1.74. The van der Waals surface area contributed by atoms with Gasteiger partial charge in [0.05, 0.1) is 6.61 Å². The van der Waals surface area contributed by atoms with Crippen LogP contribution in [0.2, 0.25) is 0 Å². The van der Waals surface area contributed by atoms with Gasteiger partial charge in [-0.2, -0.15) is 4.98 Å². The molecule has 1 saturated heterocycles. The lowest BCUT2D eigenvalue weighted by molar-refractivity contribution is -0.00630.